The maximum Gasteiger partial charge on any atom is 0.326 e. The van der Waals surface area contributed by atoms with Gasteiger partial charge in [-0.2, -0.15) is 47.0 Å². The lowest BCUT2D eigenvalue weighted by molar-refractivity contribution is -0.145. The van der Waals surface area contributed by atoms with Gasteiger partial charge < -0.3 is 160 Å². The minimum absolute atomic E-state index is 0.0253. The fraction of sp³-hybridized carbons (Fsp3) is 0.679. The van der Waals surface area contributed by atoms with Gasteiger partial charge in [0.2, 0.25) is 118 Å². The molecule has 3 aliphatic heterocycles. The fourth-order valence-corrected chi connectivity index (χ4v) is 17.3. The first-order valence-corrected chi connectivity index (χ1v) is 50.1. The first-order valence-electron chi connectivity index (χ1n) is 45.5. The molecule has 1 fully saturated rings. The lowest BCUT2D eigenvalue weighted by atomic mass is 9.97. The highest BCUT2D eigenvalue weighted by atomic mass is 32.2. The van der Waals surface area contributed by atoms with Crippen LogP contribution in [-0.2, 0) is 105 Å². The number of aliphatic hydroxyl groups excluding tert-OH is 5. The zero-order valence-electron chi connectivity index (χ0n) is 79.7. The number of nitrogens with zero attached hydrogens (tertiary/aromatic N) is 1. The largest absolute Gasteiger partial charge is 0.481 e. The Kier molecular flexibility index (Phi) is 55.3. The molecule has 0 unspecified atom stereocenters. The minimum atomic E-state index is -2.02. The number of aliphatic hydroxyl groups is 5. The van der Waals surface area contributed by atoms with E-state index >= 15 is 0 Å². The first kappa shape index (κ1) is 123. The molecule has 20 amide bonds. The van der Waals surface area contributed by atoms with E-state index in [2.05, 4.69) is 90.4 Å². The highest BCUT2D eigenvalue weighted by molar-refractivity contribution is 8.00. The van der Waals surface area contributed by atoms with Crippen molar-refractivity contribution in [1.29, 1.82) is 5.41 Å². The number of carbonyl (C=O) groups is 22. The van der Waals surface area contributed by atoms with Crippen LogP contribution in [0.3, 0.4) is 0 Å². The maximum atomic E-state index is 14.9. The van der Waals surface area contributed by atoms with Gasteiger partial charge in [-0.15, -0.1) is 0 Å². The predicted molar refractivity (Wildman–Crippen MR) is 514 cm³/mol. The molecule has 3 aliphatic rings. The van der Waals surface area contributed by atoms with Crippen LogP contribution in [0.5, 0.6) is 0 Å². The average Bonchev–Trinajstić information content (AvgIpc) is 1.71. The number of guanidine groups is 1. The van der Waals surface area contributed by atoms with Crippen LogP contribution in [0.1, 0.15) is 146 Å². The van der Waals surface area contributed by atoms with Gasteiger partial charge in [0.05, 0.1) is 37.4 Å². The Morgan fingerprint density at radius 1 is 0.489 bits per heavy atom. The SMILES string of the molecule is CC[C@H](C)[C@@H]1NC(=O)[C@@H](NC(=O)[C@H](CCCNC(=N)N)NC(=O)[C@@H](NC(=O)[C@H](CC(C)C)NC(=O)[C@@H](NC(=O)[C@@H]2CSC/C=C/CSC[C@H](NC(=O)[C@@H](N)CO)C(=O)N[C@@H](CCC(=O)O)C(=O)N[C@@H]([C@@H](C)O)C(=O)N3CCC[C@H]3C(=O)N[C@@H](CCC(N)=O)C(=O)N[C@@H](C)C(=O)N2)[C@@H](C)O)[C@@H](C)O)CSC/C=C/CSC[C@@H](C(=O)N[C@@H](CC(N)=O)C(=O)O)NC(=O)[C@H](CCC(N)=O)NC(=O)[C@H]([C@@H](C)O)NC1=O. The van der Waals surface area contributed by atoms with Crippen molar-refractivity contribution in [2.24, 2.45) is 40.5 Å². The molecule has 0 saturated carbocycles. The van der Waals surface area contributed by atoms with Gasteiger partial charge in [0.15, 0.2) is 5.96 Å². The molecule has 1 saturated heterocycles. The summed E-state index contributed by atoms with van der Waals surface area (Å²) in [5.41, 5.74) is 27.4. The zero-order valence-corrected chi connectivity index (χ0v) is 83.0. The summed E-state index contributed by atoms with van der Waals surface area (Å²) in [4.78, 5) is 305. The van der Waals surface area contributed by atoms with Crippen molar-refractivity contribution in [3.63, 3.8) is 0 Å². The molecular formula is C84H138N24O29S4. The molecule has 53 nitrogen and oxygen atoms in total. The predicted octanol–water partition coefficient (Wildman–Crippen LogP) is -11.6. The number of hydrogen-bond donors (Lipinski definition) is 30. The van der Waals surface area contributed by atoms with E-state index in [0.29, 0.717) is 0 Å². The normalized spacial score (nSPS) is 24.8. The van der Waals surface area contributed by atoms with Gasteiger partial charge in [0.1, 0.15) is 109 Å². The van der Waals surface area contributed by atoms with E-state index in [1.165, 1.54) is 13.8 Å². The molecule has 0 bridgehead atoms. The molecule has 57 heteroatoms. The van der Waals surface area contributed by atoms with E-state index in [1.807, 2.05) is 0 Å². The van der Waals surface area contributed by atoms with Crippen LogP contribution >= 0.6 is 47.0 Å². The third-order valence-electron chi connectivity index (χ3n) is 21.9. The van der Waals surface area contributed by atoms with Gasteiger partial charge in [0, 0.05) is 78.4 Å². The monoisotopic (exact) mass is 2070 g/mol. The summed E-state index contributed by atoms with van der Waals surface area (Å²) < 4.78 is 0. The number of carboxylic acids is 2. The number of rotatable bonds is 39. The Bertz CT molecular complexity index is 4420. The van der Waals surface area contributed by atoms with Crippen molar-refractivity contribution < 1.29 is 141 Å². The Balaban J connectivity index is 2.12. The molecular weight excluding hydrogens is 1940 g/mol. The molecule has 0 radical (unpaired) electrons. The molecule has 0 aromatic rings. The number of nitrogens with two attached hydrogens (primary N) is 5. The van der Waals surface area contributed by atoms with Gasteiger partial charge in [-0.1, -0.05) is 58.4 Å². The summed E-state index contributed by atoms with van der Waals surface area (Å²) in [7, 11) is 0. The highest BCUT2D eigenvalue weighted by Crippen LogP contribution is 2.23. The molecule has 0 aromatic heterocycles. The summed E-state index contributed by atoms with van der Waals surface area (Å²) in [5.74, 6) is -28.0. The molecule has 23 atom stereocenters. The second kappa shape index (κ2) is 63.2. The number of thioether (sulfide) groups is 4. The van der Waals surface area contributed by atoms with E-state index in [-0.39, 0.29) is 97.6 Å². The van der Waals surface area contributed by atoms with E-state index in [4.69, 9.17) is 34.1 Å². The lowest BCUT2D eigenvalue weighted by Gasteiger charge is -2.32. The zero-order chi connectivity index (χ0) is 106. The Hall–Kier alpha value is -11.7. The van der Waals surface area contributed by atoms with Crippen molar-refractivity contribution in [2.75, 3.05) is 65.7 Å². The smallest absolute Gasteiger partial charge is 0.326 e. The number of carbonyl (C=O) groups excluding carboxylic acids is 20. The van der Waals surface area contributed by atoms with Crippen LogP contribution in [0, 0.1) is 17.2 Å². The van der Waals surface area contributed by atoms with Crippen molar-refractivity contribution in [2.45, 2.75) is 279 Å². The Morgan fingerprint density at radius 2 is 0.929 bits per heavy atom. The average molecular weight is 2080 g/mol. The molecule has 3 heterocycles. The van der Waals surface area contributed by atoms with E-state index in [0.717, 1.165) is 79.6 Å². The molecule has 0 spiro atoms. The van der Waals surface area contributed by atoms with Gasteiger partial charge in [-0.3, -0.25) is 106 Å². The number of hydrogen-bond acceptors (Lipinski definition) is 33. The summed E-state index contributed by atoms with van der Waals surface area (Å²) in [6.45, 7) is 10.7. The second-order valence-corrected chi connectivity index (χ2v) is 38.6. The Morgan fingerprint density at radius 3 is 1.40 bits per heavy atom. The lowest BCUT2D eigenvalue weighted by Crippen LogP contribution is -2.63. The highest BCUT2D eigenvalue weighted by Gasteiger charge is 2.45. The standard InChI is InChI=1S/C84H138N24O29S4/c1-10-39(4)61-78(131)106-64(43(8)112)80(133)96-48(20-23-58(87)115)70(123)101-53(74(127)98-51(83(136)137)32-59(88)116)35-139-28-12-14-30-141-37-55(75(128)103-61)102-69(122)46(17-15-25-91-84(89)90)95-79(132)62(41(6)110)104-72(125)50(31-38(2)3)97-81(134)63(42(7)111)105-76(129)54-36-140-29-13-11-27-138-34-52(100-67(120)45(85)33-109)73(126)93-49(21-24-60(117)118)71(124)107-65(44(9)113)82(135)108-26-16-18-56(108)77(130)94-47(19-22-57(86)114)68(121)92-40(5)66(119)99-54/h11-14,38-56,61-65,109-113H,10,15-37,85H2,1-9H3,(H2,86,114)(H2,87,115)(H2,88,116)(H,92,121)(H,93,126)(H,94,130)(H,95,132)(H,96,133)(H,97,134)(H,98,127)(H,99,119)(H,100,120)(H,101,123)(H,102,122)(H,103,128)(H,104,125)(H,105,129)(H,106,131)(H,107,124)(H,117,118)(H,136,137)(H4,89,90,91)/b13-11+,14-12+/t39-,40-,41+,42+,43+,44+,45-,46-,47-,48-,49-,50-,51-,52-,53-,54-,55-,56-,61-,62-,63-,64-,65-/m0/s1. The molecule has 792 valence electrons. The van der Waals surface area contributed by atoms with Gasteiger partial charge in [0.25, 0.3) is 0 Å². The summed E-state index contributed by atoms with van der Waals surface area (Å²) in [6.07, 6.45) is -5.67. The van der Waals surface area contributed by atoms with Crippen LogP contribution in [0.4, 0.5) is 0 Å². The molecule has 35 N–H and O–H groups in total. The molecule has 0 aliphatic carbocycles. The molecule has 3 rings (SSSR count). The fourth-order valence-electron chi connectivity index (χ4n) is 13.8. The van der Waals surface area contributed by atoms with Crippen molar-refractivity contribution >= 4 is 183 Å². The van der Waals surface area contributed by atoms with Gasteiger partial charge in [-0.05, 0) is 97.8 Å². The number of fused-ring (bicyclic) bond motifs is 1. The van der Waals surface area contributed by atoms with Crippen molar-refractivity contribution in [3.8, 4) is 0 Å². The van der Waals surface area contributed by atoms with Crippen molar-refractivity contribution in [3.05, 3.63) is 24.3 Å². The number of amides is 20. The van der Waals surface area contributed by atoms with Crippen LogP contribution < -0.4 is 119 Å². The minimum Gasteiger partial charge on any atom is -0.481 e. The third kappa shape index (κ3) is 44.5. The van der Waals surface area contributed by atoms with E-state index < -0.39 is 333 Å². The number of nitrogens with one attached hydrogen (secondary N) is 18. The van der Waals surface area contributed by atoms with Gasteiger partial charge >= 0.3 is 11.9 Å². The topological polar surface area (TPSA) is 879 Å². The number of primary amides is 3. The molecule has 0 aromatic carbocycles. The Labute approximate surface area is 830 Å². The quantitative estimate of drug-likeness (QED) is 0.0118. The van der Waals surface area contributed by atoms with Crippen LogP contribution in [0.15, 0.2) is 24.3 Å². The van der Waals surface area contributed by atoms with Crippen molar-refractivity contribution in [1.82, 2.24) is 95.3 Å². The van der Waals surface area contributed by atoms with Crippen LogP contribution in [-0.4, -0.2) is 376 Å². The maximum absolute atomic E-state index is 14.9. The van der Waals surface area contributed by atoms with Gasteiger partial charge in [-0.25, -0.2) is 4.79 Å². The second-order valence-electron chi connectivity index (χ2n) is 34.3. The summed E-state index contributed by atoms with van der Waals surface area (Å²) in [5, 5.41) is 123. The number of aliphatic carboxylic acids is 2. The molecule has 141 heavy (non-hydrogen) atoms. The van der Waals surface area contributed by atoms with Crippen LogP contribution in [0.2, 0.25) is 0 Å². The first-order chi connectivity index (χ1) is 66.2. The third-order valence-corrected chi connectivity index (χ3v) is 25.9. The number of carboxylic acid groups (broad SMARTS) is 2. The summed E-state index contributed by atoms with van der Waals surface area (Å²) in [6, 6.07) is -31.1. The van der Waals surface area contributed by atoms with E-state index in [1.54, 1.807) is 45.1 Å². The van der Waals surface area contributed by atoms with Crippen LogP contribution in [0.25, 0.3) is 0 Å². The summed E-state index contributed by atoms with van der Waals surface area (Å²) >= 11 is 4.04. The van der Waals surface area contributed by atoms with E-state index in [9.17, 15) is 141 Å².